The molecule has 29 heavy (non-hydrogen) atoms. The highest BCUT2D eigenvalue weighted by atomic mass is 16.5. The van der Waals surface area contributed by atoms with Crippen LogP contribution in [0.15, 0.2) is 48.8 Å². The Bertz CT molecular complexity index is 867. The predicted molar refractivity (Wildman–Crippen MR) is 108 cm³/mol. The van der Waals surface area contributed by atoms with Gasteiger partial charge in [-0.15, -0.1) is 0 Å². The molecule has 1 aromatic carbocycles. The van der Waals surface area contributed by atoms with Crippen molar-refractivity contribution in [2.75, 3.05) is 25.5 Å². The minimum Gasteiger partial charge on any atom is -0.462 e. The van der Waals surface area contributed by atoms with Crippen molar-refractivity contribution in [2.24, 2.45) is 11.8 Å². The van der Waals surface area contributed by atoms with Gasteiger partial charge in [-0.05, 0) is 61.7 Å². The molecule has 1 N–H and O–H groups in total. The number of pyridine rings is 1. The Kier molecular flexibility index (Phi) is 6.59. The first-order valence-corrected chi connectivity index (χ1v) is 9.71. The average molecular weight is 395 g/mol. The van der Waals surface area contributed by atoms with E-state index in [0.29, 0.717) is 30.8 Å². The summed E-state index contributed by atoms with van der Waals surface area (Å²) in [6, 6.07) is 10.4. The number of nitrogens with one attached hydrogen (secondary N) is 1. The number of carbonyl (C=O) groups excluding carboxylic acids is 3. The number of amides is 2. The number of esters is 1. The lowest BCUT2D eigenvalue weighted by Gasteiger charge is -2.17. The van der Waals surface area contributed by atoms with Crippen LogP contribution in [-0.4, -0.2) is 47.9 Å². The molecular formula is C22H25N3O4. The first-order valence-electron chi connectivity index (χ1n) is 9.71. The van der Waals surface area contributed by atoms with E-state index in [0.717, 1.165) is 12.0 Å². The van der Waals surface area contributed by atoms with E-state index < -0.39 is 5.97 Å². The largest absolute Gasteiger partial charge is 0.462 e. The van der Waals surface area contributed by atoms with Gasteiger partial charge in [-0.3, -0.25) is 14.6 Å². The Labute approximate surface area is 170 Å². The summed E-state index contributed by atoms with van der Waals surface area (Å²) in [5, 5.41) is 2.81. The quantitative estimate of drug-likeness (QED) is 0.694. The molecule has 1 heterocycles. The fraction of sp³-hybridized carbons (Fsp3) is 0.364. The number of rotatable bonds is 8. The number of nitrogens with zero attached hydrogens (tertiary/aromatic N) is 2. The van der Waals surface area contributed by atoms with Gasteiger partial charge in [-0.2, -0.15) is 0 Å². The Balaban J connectivity index is 1.47. The van der Waals surface area contributed by atoms with Crippen molar-refractivity contribution in [1.82, 2.24) is 9.88 Å². The van der Waals surface area contributed by atoms with Gasteiger partial charge in [0.1, 0.15) is 0 Å². The molecule has 1 aliphatic rings. The third-order valence-corrected chi connectivity index (χ3v) is 4.97. The summed E-state index contributed by atoms with van der Waals surface area (Å²) >= 11 is 0. The van der Waals surface area contributed by atoms with Crippen LogP contribution in [0.1, 0.15) is 29.3 Å². The molecular weight excluding hydrogens is 370 g/mol. The van der Waals surface area contributed by atoms with Crippen molar-refractivity contribution >= 4 is 23.5 Å². The van der Waals surface area contributed by atoms with Crippen LogP contribution >= 0.6 is 0 Å². The lowest BCUT2D eigenvalue weighted by atomic mass is 10.2. The minimum absolute atomic E-state index is 0.00290. The smallest absolute Gasteiger partial charge is 0.338 e. The standard InChI is InChI=1S/C22H25N3O4/c1-3-29-22(28)16-4-6-17(7-5-16)24-20(26)18-14-19(18)21(27)25(2)13-10-15-8-11-23-12-9-15/h4-9,11-12,18-19H,3,10,13-14H2,1-2H3,(H,24,26). The average Bonchev–Trinajstić information content (AvgIpc) is 3.54. The maximum atomic E-state index is 12.6. The van der Waals surface area contributed by atoms with E-state index in [-0.39, 0.29) is 23.7 Å². The second-order valence-corrected chi connectivity index (χ2v) is 7.10. The molecule has 0 bridgehead atoms. The van der Waals surface area contributed by atoms with E-state index in [9.17, 15) is 14.4 Å². The summed E-state index contributed by atoms with van der Waals surface area (Å²) in [6.45, 7) is 2.66. The molecule has 152 valence electrons. The lowest BCUT2D eigenvalue weighted by Crippen LogP contribution is -2.31. The van der Waals surface area contributed by atoms with Gasteiger partial charge < -0.3 is 15.0 Å². The maximum Gasteiger partial charge on any atom is 0.338 e. The highest BCUT2D eigenvalue weighted by molar-refractivity contribution is 5.99. The molecule has 3 rings (SSSR count). The molecule has 1 aromatic heterocycles. The number of benzene rings is 1. The SMILES string of the molecule is CCOC(=O)c1ccc(NC(=O)C2CC2C(=O)N(C)CCc2ccncc2)cc1. The fourth-order valence-electron chi connectivity index (χ4n) is 3.14. The second kappa shape index (κ2) is 9.32. The number of carbonyl (C=O) groups is 3. The number of likely N-dealkylation sites (N-methyl/N-ethyl adjacent to an activating group) is 1. The van der Waals surface area contributed by atoms with Gasteiger partial charge in [-0.1, -0.05) is 0 Å². The highest BCUT2D eigenvalue weighted by Gasteiger charge is 2.49. The minimum atomic E-state index is -0.395. The van der Waals surface area contributed by atoms with E-state index in [1.54, 1.807) is 55.5 Å². The Morgan fingerprint density at radius 1 is 1.10 bits per heavy atom. The van der Waals surface area contributed by atoms with Gasteiger partial charge in [0.2, 0.25) is 11.8 Å². The van der Waals surface area contributed by atoms with Gasteiger partial charge in [0.05, 0.1) is 24.0 Å². The maximum absolute atomic E-state index is 12.6. The van der Waals surface area contributed by atoms with Gasteiger partial charge in [-0.25, -0.2) is 4.79 Å². The summed E-state index contributed by atoms with van der Waals surface area (Å²) in [7, 11) is 1.77. The Hall–Kier alpha value is -3.22. The van der Waals surface area contributed by atoms with Crippen LogP contribution in [0.4, 0.5) is 5.69 Å². The van der Waals surface area contributed by atoms with Crippen LogP contribution < -0.4 is 5.32 Å². The van der Waals surface area contributed by atoms with Crippen LogP contribution in [0.25, 0.3) is 0 Å². The zero-order valence-electron chi connectivity index (χ0n) is 16.6. The summed E-state index contributed by atoms with van der Waals surface area (Å²) in [4.78, 5) is 42.3. The van der Waals surface area contributed by atoms with Crippen LogP contribution in [-0.2, 0) is 20.7 Å². The molecule has 0 radical (unpaired) electrons. The molecule has 2 atom stereocenters. The predicted octanol–water partition coefficient (Wildman–Crippen LogP) is 2.53. The van der Waals surface area contributed by atoms with Gasteiger partial charge >= 0.3 is 5.97 Å². The van der Waals surface area contributed by atoms with Crippen molar-refractivity contribution in [3.63, 3.8) is 0 Å². The molecule has 7 heteroatoms. The molecule has 1 saturated carbocycles. The van der Waals surface area contributed by atoms with E-state index >= 15 is 0 Å². The number of hydrogen-bond donors (Lipinski definition) is 1. The van der Waals surface area contributed by atoms with Gasteiger partial charge in [0.15, 0.2) is 0 Å². The first kappa shape index (κ1) is 20.5. The second-order valence-electron chi connectivity index (χ2n) is 7.10. The van der Waals surface area contributed by atoms with Gasteiger partial charge in [0, 0.05) is 31.7 Å². The van der Waals surface area contributed by atoms with Crippen molar-refractivity contribution in [1.29, 1.82) is 0 Å². The fourth-order valence-corrected chi connectivity index (χ4v) is 3.14. The lowest BCUT2D eigenvalue weighted by molar-refractivity contribution is -0.132. The topological polar surface area (TPSA) is 88.6 Å². The van der Waals surface area contributed by atoms with Crippen molar-refractivity contribution in [3.05, 3.63) is 59.9 Å². The van der Waals surface area contributed by atoms with Crippen LogP contribution in [0, 0.1) is 11.8 Å². The third-order valence-electron chi connectivity index (χ3n) is 4.97. The number of aromatic nitrogens is 1. The zero-order valence-corrected chi connectivity index (χ0v) is 16.6. The van der Waals surface area contributed by atoms with E-state index in [1.807, 2.05) is 12.1 Å². The third kappa shape index (κ3) is 5.40. The summed E-state index contributed by atoms with van der Waals surface area (Å²) in [5.41, 5.74) is 2.14. The summed E-state index contributed by atoms with van der Waals surface area (Å²) in [5.74, 6) is -1.15. The van der Waals surface area contributed by atoms with Crippen molar-refractivity contribution < 1.29 is 19.1 Å². The van der Waals surface area contributed by atoms with Gasteiger partial charge in [0.25, 0.3) is 0 Å². The first-order chi connectivity index (χ1) is 14.0. The zero-order chi connectivity index (χ0) is 20.8. The van der Waals surface area contributed by atoms with Crippen LogP contribution in [0.3, 0.4) is 0 Å². The molecule has 0 spiro atoms. The van der Waals surface area contributed by atoms with E-state index in [2.05, 4.69) is 10.3 Å². The van der Waals surface area contributed by atoms with Crippen LogP contribution in [0.5, 0.6) is 0 Å². The van der Waals surface area contributed by atoms with Crippen molar-refractivity contribution in [3.8, 4) is 0 Å². The van der Waals surface area contributed by atoms with E-state index in [1.165, 1.54) is 0 Å². The van der Waals surface area contributed by atoms with Crippen LogP contribution in [0.2, 0.25) is 0 Å². The Morgan fingerprint density at radius 2 is 1.79 bits per heavy atom. The molecule has 0 saturated heterocycles. The molecule has 1 fully saturated rings. The molecule has 2 amide bonds. The molecule has 2 unspecified atom stereocenters. The number of ether oxygens (including phenoxy) is 1. The van der Waals surface area contributed by atoms with E-state index in [4.69, 9.17) is 4.74 Å². The summed E-state index contributed by atoms with van der Waals surface area (Å²) < 4.78 is 4.94. The molecule has 1 aliphatic carbocycles. The summed E-state index contributed by atoms with van der Waals surface area (Å²) in [6.07, 6.45) is 4.78. The number of hydrogen-bond acceptors (Lipinski definition) is 5. The molecule has 2 aromatic rings. The Morgan fingerprint density at radius 3 is 2.45 bits per heavy atom. The molecule has 0 aliphatic heterocycles. The highest BCUT2D eigenvalue weighted by Crippen LogP contribution is 2.40. The van der Waals surface area contributed by atoms with Crippen molar-refractivity contribution in [2.45, 2.75) is 19.8 Å². The molecule has 7 nitrogen and oxygen atoms in total. The number of anilines is 1. The monoisotopic (exact) mass is 395 g/mol. The normalized spacial score (nSPS) is 17.3.